The van der Waals surface area contributed by atoms with Gasteiger partial charge in [0.2, 0.25) is 5.91 Å². The highest BCUT2D eigenvalue weighted by molar-refractivity contribution is 7.90. The lowest BCUT2D eigenvalue weighted by atomic mass is 10.1. The summed E-state index contributed by atoms with van der Waals surface area (Å²) in [6, 6.07) is 3.93. The molecule has 1 amide bonds. The lowest BCUT2D eigenvalue weighted by Gasteiger charge is -2.15. The number of nitrogens with two attached hydrogens (primary N) is 2. The van der Waals surface area contributed by atoms with Gasteiger partial charge in [-0.25, -0.2) is 21.2 Å². The van der Waals surface area contributed by atoms with Gasteiger partial charge in [-0.3, -0.25) is 4.79 Å². The number of hydrogen-bond donors (Lipinski definition) is 2. The Balaban J connectivity index is 2.51. The fraction of sp³-hybridized carbons (Fsp3) is 0.154. The summed E-state index contributed by atoms with van der Waals surface area (Å²) in [4.78, 5) is 10.2. The lowest BCUT2D eigenvalue weighted by molar-refractivity contribution is -0.118. The molecule has 1 aromatic carbocycles. The normalized spacial score (nSPS) is 13.0. The van der Waals surface area contributed by atoms with Gasteiger partial charge in [0, 0.05) is 18.7 Å². The molecular formula is C13H13F2N3O3S. The average Bonchev–Trinajstić information content (AvgIpc) is 2.87. The predicted octanol–water partition coefficient (Wildman–Crippen LogP) is 0.879. The van der Waals surface area contributed by atoms with Crippen LogP contribution in [0, 0.1) is 11.6 Å². The van der Waals surface area contributed by atoms with Gasteiger partial charge in [0.1, 0.15) is 16.5 Å². The van der Waals surface area contributed by atoms with Crippen molar-refractivity contribution in [3.8, 4) is 0 Å². The number of amides is 1. The van der Waals surface area contributed by atoms with Gasteiger partial charge >= 0.3 is 0 Å². The number of aromatic nitrogens is 1. The summed E-state index contributed by atoms with van der Waals surface area (Å²) in [6.45, 7) is 0. The highest BCUT2D eigenvalue weighted by atomic mass is 32.2. The van der Waals surface area contributed by atoms with Gasteiger partial charge in [-0.05, 0) is 24.3 Å². The molecule has 0 saturated heterocycles. The van der Waals surface area contributed by atoms with E-state index in [1.165, 1.54) is 12.1 Å². The molecule has 22 heavy (non-hydrogen) atoms. The Morgan fingerprint density at radius 1 is 1.27 bits per heavy atom. The van der Waals surface area contributed by atoms with E-state index in [0.717, 1.165) is 22.3 Å². The maximum atomic E-state index is 13.7. The van der Waals surface area contributed by atoms with E-state index in [0.29, 0.717) is 6.07 Å². The fourth-order valence-electron chi connectivity index (χ4n) is 2.00. The van der Waals surface area contributed by atoms with Crippen LogP contribution in [-0.2, 0) is 14.8 Å². The number of carbonyl (C=O) groups is 1. The Labute approximate surface area is 125 Å². The minimum atomic E-state index is -4.31. The highest BCUT2D eigenvalue weighted by Crippen LogP contribution is 2.23. The van der Waals surface area contributed by atoms with Crippen molar-refractivity contribution in [2.45, 2.75) is 17.4 Å². The average molecular weight is 329 g/mol. The summed E-state index contributed by atoms with van der Waals surface area (Å²) in [5, 5.41) is 0. The molecule has 6 nitrogen and oxygen atoms in total. The third kappa shape index (κ3) is 3.00. The van der Waals surface area contributed by atoms with Crippen LogP contribution in [0.5, 0.6) is 0 Å². The fourth-order valence-corrected chi connectivity index (χ4v) is 3.46. The molecule has 2 aromatic rings. The summed E-state index contributed by atoms with van der Waals surface area (Å²) in [5.74, 6) is -2.82. The Morgan fingerprint density at radius 3 is 2.55 bits per heavy atom. The van der Waals surface area contributed by atoms with E-state index in [1.807, 2.05) is 0 Å². The molecule has 0 radical (unpaired) electrons. The van der Waals surface area contributed by atoms with Crippen LogP contribution in [0.25, 0.3) is 0 Å². The monoisotopic (exact) mass is 329 g/mol. The van der Waals surface area contributed by atoms with Gasteiger partial charge in [-0.1, -0.05) is 0 Å². The van der Waals surface area contributed by atoms with Gasteiger partial charge in [-0.2, -0.15) is 0 Å². The van der Waals surface area contributed by atoms with Crippen LogP contribution >= 0.6 is 0 Å². The molecule has 0 aliphatic heterocycles. The molecule has 0 spiro atoms. The molecule has 0 aliphatic rings. The zero-order valence-corrected chi connectivity index (χ0v) is 12.1. The van der Waals surface area contributed by atoms with Crippen molar-refractivity contribution in [1.82, 2.24) is 3.97 Å². The van der Waals surface area contributed by atoms with Gasteiger partial charge in [0.15, 0.2) is 0 Å². The smallest absolute Gasteiger partial charge is 0.270 e. The zero-order chi connectivity index (χ0) is 16.5. The maximum Gasteiger partial charge on any atom is 0.270 e. The number of halogens is 2. The van der Waals surface area contributed by atoms with E-state index in [2.05, 4.69) is 0 Å². The molecule has 118 valence electrons. The SMILES string of the molecule is NC(=O)CC(N)c1cccn1S(=O)(=O)c1ccc(F)cc1F. The summed E-state index contributed by atoms with van der Waals surface area (Å²) >= 11 is 0. The standard InChI is InChI=1S/C13H13F2N3O3S/c14-8-3-4-12(9(15)6-8)22(20,21)18-5-1-2-11(18)10(16)7-13(17)19/h1-6,10H,7,16H2,(H2,17,19). The van der Waals surface area contributed by atoms with Crippen LogP contribution in [0.15, 0.2) is 41.4 Å². The summed E-state index contributed by atoms with van der Waals surface area (Å²) in [5.41, 5.74) is 10.8. The summed E-state index contributed by atoms with van der Waals surface area (Å²) in [6.07, 6.45) is 0.889. The van der Waals surface area contributed by atoms with Crippen molar-refractivity contribution in [2.24, 2.45) is 11.5 Å². The zero-order valence-electron chi connectivity index (χ0n) is 11.2. The number of benzene rings is 1. The van der Waals surface area contributed by atoms with Crippen LogP contribution in [0.3, 0.4) is 0 Å². The maximum absolute atomic E-state index is 13.7. The number of nitrogens with zero attached hydrogens (tertiary/aromatic N) is 1. The summed E-state index contributed by atoms with van der Waals surface area (Å²) < 4.78 is 52.3. The molecule has 0 bridgehead atoms. The topological polar surface area (TPSA) is 108 Å². The van der Waals surface area contributed by atoms with Crippen molar-refractivity contribution in [2.75, 3.05) is 0 Å². The predicted molar refractivity (Wildman–Crippen MR) is 74.1 cm³/mol. The van der Waals surface area contributed by atoms with E-state index >= 15 is 0 Å². The third-order valence-electron chi connectivity index (χ3n) is 2.97. The Hall–Kier alpha value is -2.26. The number of primary amides is 1. The largest absolute Gasteiger partial charge is 0.370 e. The van der Waals surface area contributed by atoms with E-state index in [9.17, 15) is 22.0 Å². The molecule has 1 heterocycles. The number of rotatable bonds is 5. The first kappa shape index (κ1) is 16.1. The van der Waals surface area contributed by atoms with Crippen molar-refractivity contribution in [1.29, 1.82) is 0 Å². The van der Waals surface area contributed by atoms with Crippen LogP contribution in [0.4, 0.5) is 8.78 Å². The first-order chi connectivity index (χ1) is 10.2. The second kappa shape index (κ2) is 5.85. The lowest BCUT2D eigenvalue weighted by Crippen LogP contribution is -2.25. The van der Waals surface area contributed by atoms with Gasteiger partial charge < -0.3 is 11.5 Å². The van der Waals surface area contributed by atoms with Crippen molar-refractivity contribution in [3.05, 3.63) is 53.9 Å². The van der Waals surface area contributed by atoms with E-state index in [1.54, 1.807) is 0 Å². The van der Waals surface area contributed by atoms with E-state index in [4.69, 9.17) is 11.5 Å². The Bertz CT molecular complexity index is 818. The van der Waals surface area contributed by atoms with Crippen LogP contribution in [0.1, 0.15) is 18.2 Å². The quantitative estimate of drug-likeness (QED) is 0.848. The van der Waals surface area contributed by atoms with Crippen LogP contribution in [0.2, 0.25) is 0 Å². The van der Waals surface area contributed by atoms with Crippen molar-refractivity contribution >= 4 is 15.9 Å². The van der Waals surface area contributed by atoms with Crippen molar-refractivity contribution in [3.63, 3.8) is 0 Å². The molecule has 0 aliphatic carbocycles. The molecule has 0 saturated carbocycles. The minimum absolute atomic E-state index is 0.0718. The van der Waals surface area contributed by atoms with E-state index < -0.39 is 38.5 Å². The second-order valence-corrected chi connectivity index (χ2v) is 6.37. The molecular weight excluding hydrogens is 316 g/mol. The molecule has 4 N–H and O–H groups in total. The van der Waals surface area contributed by atoms with Gasteiger partial charge in [-0.15, -0.1) is 0 Å². The molecule has 9 heteroatoms. The first-order valence-corrected chi connectivity index (χ1v) is 7.59. The molecule has 1 unspecified atom stereocenters. The number of hydrogen-bond acceptors (Lipinski definition) is 4. The third-order valence-corrected chi connectivity index (χ3v) is 4.71. The molecule has 1 aromatic heterocycles. The summed E-state index contributed by atoms with van der Waals surface area (Å²) in [7, 11) is -4.31. The molecule has 1 atom stereocenters. The van der Waals surface area contributed by atoms with E-state index in [-0.39, 0.29) is 12.1 Å². The van der Waals surface area contributed by atoms with Crippen LogP contribution in [-0.4, -0.2) is 18.3 Å². The molecule has 2 rings (SSSR count). The minimum Gasteiger partial charge on any atom is -0.370 e. The number of carbonyl (C=O) groups excluding carboxylic acids is 1. The Kier molecular flexibility index (Phi) is 4.29. The highest BCUT2D eigenvalue weighted by Gasteiger charge is 2.25. The second-order valence-electron chi connectivity index (χ2n) is 4.59. The van der Waals surface area contributed by atoms with Crippen molar-refractivity contribution < 1.29 is 22.0 Å². The van der Waals surface area contributed by atoms with Gasteiger partial charge in [0.05, 0.1) is 11.7 Å². The Morgan fingerprint density at radius 2 is 1.95 bits per heavy atom. The van der Waals surface area contributed by atoms with Crippen LogP contribution < -0.4 is 11.5 Å². The van der Waals surface area contributed by atoms with Gasteiger partial charge in [0.25, 0.3) is 10.0 Å². The first-order valence-electron chi connectivity index (χ1n) is 6.15. The molecule has 0 fully saturated rings.